The summed E-state index contributed by atoms with van der Waals surface area (Å²) >= 11 is 0. The summed E-state index contributed by atoms with van der Waals surface area (Å²) in [5.74, 6) is -0.162. The molecule has 1 unspecified atom stereocenters. The minimum Gasteiger partial charge on any atom is -0.480 e. The Morgan fingerprint density at radius 1 is 1.22 bits per heavy atom. The third-order valence-corrected chi connectivity index (χ3v) is 4.24. The maximum Gasteiger partial charge on any atom is 0.326 e. The van der Waals surface area contributed by atoms with Gasteiger partial charge in [0.25, 0.3) is 0 Å². The van der Waals surface area contributed by atoms with Gasteiger partial charge in [0.15, 0.2) is 0 Å². The Balaban J connectivity index is 1.85. The third-order valence-electron chi connectivity index (χ3n) is 4.24. The monoisotopic (exact) mass is 253 g/mol. The van der Waals surface area contributed by atoms with Crippen LogP contribution in [0.5, 0.6) is 0 Å². The standard InChI is InChI=1S/C14H23NO3/c1-10(14(17)18)15(12-7-8-12)13(16)9-6-11-4-2-3-5-11/h10-12H,2-9H2,1H3,(H,17,18). The van der Waals surface area contributed by atoms with Crippen molar-refractivity contribution < 1.29 is 14.7 Å². The number of aliphatic carboxylic acids is 1. The second-order valence-corrected chi connectivity index (χ2v) is 5.74. The first-order chi connectivity index (χ1) is 8.59. The van der Waals surface area contributed by atoms with E-state index >= 15 is 0 Å². The molecule has 4 heteroatoms. The number of carboxylic acid groups (broad SMARTS) is 1. The first kappa shape index (κ1) is 13.4. The molecule has 1 N–H and O–H groups in total. The summed E-state index contributed by atoms with van der Waals surface area (Å²) < 4.78 is 0. The Morgan fingerprint density at radius 2 is 1.83 bits per heavy atom. The molecule has 2 rings (SSSR count). The predicted octanol–water partition coefficient (Wildman–Crippen LogP) is 2.42. The average molecular weight is 253 g/mol. The molecular formula is C14H23NO3. The highest BCUT2D eigenvalue weighted by atomic mass is 16.4. The van der Waals surface area contributed by atoms with Crippen LogP contribution in [-0.4, -0.2) is 34.0 Å². The second kappa shape index (κ2) is 5.72. The smallest absolute Gasteiger partial charge is 0.326 e. The van der Waals surface area contributed by atoms with Crippen LogP contribution in [0, 0.1) is 5.92 Å². The van der Waals surface area contributed by atoms with Crippen molar-refractivity contribution in [2.24, 2.45) is 5.92 Å². The minimum absolute atomic E-state index is 0.0410. The van der Waals surface area contributed by atoms with Gasteiger partial charge >= 0.3 is 5.97 Å². The molecule has 0 spiro atoms. The predicted molar refractivity (Wildman–Crippen MR) is 68.2 cm³/mol. The maximum atomic E-state index is 12.2. The van der Waals surface area contributed by atoms with Crippen molar-refractivity contribution in [3.8, 4) is 0 Å². The first-order valence-electron chi connectivity index (χ1n) is 7.13. The molecule has 0 bridgehead atoms. The fraction of sp³-hybridized carbons (Fsp3) is 0.857. The van der Waals surface area contributed by atoms with Gasteiger partial charge in [-0.15, -0.1) is 0 Å². The molecule has 4 nitrogen and oxygen atoms in total. The van der Waals surface area contributed by atoms with Crippen LogP contribution >= 0.6 is 0 Å². The van der Waals surface area contributed by atoms with Crippen molar-refractivity contribution in [1.82, 2.24) is 4.90 Å². The quantitative estimate of drug-likeness (QED) is 0.791. The Morgan fingerprint density at radius 3 is 2.33 bits per heavy atom. The van der Waals surface area contributed by atoms with Crippen molar-refractivity contribution in [2.45, 2.75) is 70.4 Å². The van der Waals surface area contributed by atoms with E-state index in [0.29, 0.717) is 12.3 Å². The molecule has 0 aromatic rings. The number of carbonyl (C=O) groups excluding carboxylic acids is 1. The van der Waals surface area contributed by atoms with Gasteiger partial charge in [-0.1, -0.05) is 25.7 Å². The molecule has 0 heterocycles. The lowest BCUT2D eigenvalue weighted by Crippen LogP contribution is -2.44. The molecule has 2 fully saturated rings. The summed E-state index contributed by atoms with van der Waals surface area (Å²) in [5.41, 5.74) is 0. The molecule has 0 aromatic heterocycles. The van der Waals surface area contributed by atoms with E-state index in [0.717, 1.165) is 19.3 Å². The summed E-state index contributed by atoms with van der Waals surface area (Å²) in [4.78, 5) is 24.8. The van der Waals surface area contributed by atoms with Gasteiger partial charge in [-0.3, -0.25) is 4.79 Å². The van der Waals surface area contributed by atoms with Gasteiger partial charge in [-0.2, -0.15) is 0 Å². The first-order valence-corrected chi connectivity index (χ1v) is 7.13. The molecule has 2 saturated carbocycles. The van der Waals surface area contributed by atoms with Crippen LogP contribution in [0.1, 0.15) is 58.3 Å². The van der Waals surface area contributed by atoms with Crippen molar-refractivity contribution >= 4 is 11.9 Å². The van der Waals surface area contributed by atoms with E-state index in [1.54, 1.807) is 11.8 Å². The van der Waals surface area contributed by atoms with Gasteiger partial charge in [0.1, 0.15) is 6.04 Å². The van der Waals surface area contributed by atoms with E-state index in [9.17, 15) is 9.59 Å². The van der Waals surface area contributed by atoms with Crippen LogP contribution < -0.4 is 0 Å². The Kier molecular flexibility index (Phi) is 4.25. The highest BCUT2D eigenvalue weighted by molar-refractivity contribution is 5.84. The van der Waals surface area contributed by atoms with E-state index in [2.05, 4.69) is 0 Å². The Hall–Kier alpha value is -1.06. The molecule has 0 aliphatic heterocycles. The fourth-order valence-corrected chi connectivity index (χ4v) is 2.96. The van der Waals surface area contributed by atoms with Crippen molar-refractivity contribution in [3.05, 3.63) is 0 Å². The van der Waals surface area contributed by atoms with Gasteiger partial charge in [-0.25, -0.2) is 4.79 Å². The molecular weight excluding hydrogens is 230 g/mol. The number of hydrogen-bond acceptors (Lipinski definition) is 2. The van der Waals surface area contributed by atoms with Gasteiger partial charge in [0, 0.05) is 12.5 Å². The van der Waals surface area contributed by atoms with Crippen LogP contribution in [0.3, 0.4) is 0 Å². The number of carboxylic acids is 1. The lowest BCUT2D eigenvalue weighted by atomic mass is 10.0. The second-order valence-electron chi connectivity index (χ2n) is 5.74. The van der Waals surface area contributed by atoms with E-state index in [1.165, 1.54) is 25.7 Å². The Bertz CT molecular complexity index is 319. The average Bonchev–Trinajstić information content (AvgIpc) is 3.02. The third kappa shape index (κ3) is 3.24. The molecule has 18 heavy (non-hydrogen) atoms. The van der Waals surface area contributed by atoms with Crippen molar-refractivity contribution in [3.63, 3.8) is 0 Å². The summed E-state index contributed by atoms with van der Waals surface area (Å²) in [6, 6.07) is -0.485. The molecule has 102 valence electrons. The van der Waals surface area contributed by atoms with Crippen LogP contribution in [0.2, 0.25) is 0 Å². The van der Waals surface area contributed by atoms with Gasteiger partial charge < -0.3 is 10.0 Å². The molecule has 1 atom stereocenters. The summed E-state index contributed by atoms with van der Waals surface area (Å²) in [6.07, 6.45) is 8.45. The summed E-state index contributed by atoms with van der Waals surface area (Å²) in [7, 11) is 0. The number of hydrogen-bond donors (Lipinski definition) is 1. The molecule has 0 saturated heterocycles. The van der Waals surface area contributed by atoms with Crippen LogP contribution in [0.25, 0.3) is 0 Å². The zero-order chi connectivity index (χ0) is 13.1. The zero-order valence-corrected chi connectivity index (χ0v) is 11.1. The number of rotatable bonds is 6. The van der Waals surface area contributed by atoms with Crippen LogP contribution in [-0.2, 0) is 9.59 Å². The lowest BCUT2D eigenvalue weighted by Gasteiger charge is -2.27. The van der Waals surface area contributed by atoms with Crippen molar-refractivity contribution in [1.29, 1.82) is 0 Å². The SMILES string of the molecule is CC(C(=O)O)N(C(=O)CCC1CCCC1)C1CC1. The molecule has 2 aliphatic carbocycles. The van der Waals surface area contributed by atoms with Crippen molar-refractivity contribution in [2.75, 3.05) is 0 Å². The largest absolute Gasteiger partial charge is 0.480 e. The molecule has 0 radical (unpaired) electrons. The minimum atomic E-state index is -0.892. The van der Waals surface area contributed by atoms with Gasteiger partial charge in [0.05, 0.1) is 0 Å². The summed E-state index contributed by atoms with van der Waals surface area (Å²) in [5, 5.41) is 9.06. The normalized spacial score (nSPS) is 21.8. The molecule has 2 aliphatic rings. The fourth-order valence-electron chi connectivity index (χ4n) is 2.96. The van der Waals surface area contributed by atoms with Gasteiger partial charge in [0.2, 0.25) is 5.91 Å². The lowest BCUT2D eigenvalue weighted by molar-refractivity contribution is -0.150. The van der Waals surface area contributed by atoms with E-state index in [-0.39, 0.29) is 11.9 Å². The topological polar surface area (TPSA) is 57.6 Å². The maximum absolute atomic E-state index is 12.2. The molecule has 0 aromatic carbocycles. The van der Waals surface area contributed by atoms with E-state index < -0.39 is 12.0 Å². The number of carbonyl (C=O) groups is 2. The number of amides is 1. The highest BCUT2D eigenvalue weighted by Crippen LogP contribution is 2.32. The zero-order valence-electron chi connectivity index (χ0n) is 11.1. The van der Waals surface area contributed by atoms with E-state index in [1.807, 2.05) is 0 Å². The van der Waals surface area contributed by atoms with Crippen LogP contribution in [0.4, 0.5) is 0 Å². The highest BCUT2D eigenvalue weighted by Gasteiger charge is 2.38. The van der Waals surface area contributed by atoms with E-state index in [4.69, 9.17) is 5.11 Å². The Labute approximate surface area is 108 Å². The summed E-state index contributed by atoms with van der Waals surface area (Å²) in [6.45, 7) is 1.62. The number of nitrogens with zero attached hydrogens (tertiary/aromatic N) is 1. The molecule has 1 amide bonds. The van der Waals surface area contributed by atoms with Crippen LogP contribution in [0.15, 0.2) is 0 Å². The van der Waals surface area contributed by atoms with Gasteiger partial charge in [-0.05, 0) is 32.1 Å².